The molecule has 0 fully saturated rings. The lowest BCUT2D eigenvalue weighted by Crippen LogP contribution is -2.17. The summed E-state index contributed by atoms with van der Waals surface area (Å²) in [4.78, 5) is 18.0. The number of aromatic nitrogens is 7. The van der Waals surface area contributed by atoms with Gasteiger partial charge in [0.25, 0.3) is 0 Å². The Bertz CT molecular complexity index is 1540. The first-order chi connectivity index (χ1) is 18.5. The van der Waals surface area contributed by atoms with Crippen molar-refractivity contribution in [1.82, 2.24) is 34.7 Å². The number of aromatic amines is 1. The van der Waals surface area contributed by atoms with Crippen LogP contribution in [0.2, 0.25) is 10.3 Å². The van der Waals surface area contributed by atoms with Crippen molar-refractivity contribution in [2.75, 3.05) is 6.61 Å². The van der Waals surface area contributed by atoms with E-state index in [4.69, 9.17) is 32.9 Å². The van der Waals surface area contributed by atoms with Crippen molar-refractivity contribution >= 4 is 29.2 Å². The first kappa shape index (κ1) is 25.7. The Morgan fingerprint density at radius 3 is 2.32 bits per heavy atom. The fourth-order valence-corrected chi connectivity index (χ4v) is 4.91. The van der Waals surface area contributed by atoms with Crippen LogP contribution in [0.25, 0.3) is 28.3 Å². The van der Waals surface area contributed by atoms with E-state index in [2.05, 4.69) is 27.5 Å². The molecule has 194 valence electrons. The minimum absolute atomic E-state index is 0.230. The van der Waals surface area contributed by atoms with Gasteiger partial charge in [-0.05, 0) is 47.4 Å². The molecule has 0 aliphatic heterocycles. The number of H-pyrrole nitrogens is 1. The Balaban J connectivity index is 1.55. The maximum Gasteiger partial charge on any atom is 0.358 e. The predicted octanol–water partition coefficient (Wildman–Crippen LogP) is 6.01. The number of imidazole rings is 1. The van der Waals surface area contributed by atoms with Gasteiger partial charge >= 0.3 is 5.97 Å². The lowest BCUT2D eigenvalue weighted by molar-refractivity contribution is 0.0514. The highest BCUT2D eigenvalue weighted by Gasteiger charge is 2.27. The van der Waals surface area contributed by atoms with Gasteiger partial charge in [0.05, 0.1) is 6.61 Å². The molecule has 0 unspecified atom stereocenters. The number of aryl methyl sites for hydroxylation is 1. The van der Waals surface area contributed by atoms with Gasteiger partial charge in [-0.2, -0.15) is 5.21 Å². The summed E-state index contributed by atoms with van der Waals surface area (Å²) in [5.41, 5.74) is 4.17. The molecule has 3 heterocycles. The van der Waals surface area contributed by atoms with Gasteiger partial charge in [-0.1, -0.05) is 78.7 Å². The van der Waals surface area contributed by atoms with Gasteiger partial charge in [-0.15, -0.1) is 10.2 Å². The van der Waals surface area contributed by atoms with E-state index in [1.54, 1.807) is 23.6 Å². The molecular weight excluding hydrogens is 525 g/mol. The van der Waals surface area contributed by atoms with Crippen molar-refractivity contribution in [3.63, 3.8) is 0 Å². The number of carbonyl (C=O) groups is 1. The van der Waals surface area contributed by atoms with Crippen molar-refractivity contribution in [2.24, 2.45) is 0 Å². The number of nitrogens with zero attached hydrogens (tertiary/aromatic N) is 6. The highest BCUT2D eigenvalue weighted by atomic mass is 35.5. The summed E-state index contributed by atoms with van der Waals surface area (Å²) in [5, 5.41) is 15.2. The van der Waals surface area contributed by atoms with Crippen molar-refractivity contribution < 1.29 is 9.53 Å². The Hall–Kier alpha value is -3.95. The molecule has 1 N–H and O–H groups in total. The Labute approximate surface area is 229 Å². The van der Waals surface area contributed by atoms with Crippen LogP contribution in [0.4, 0.5) is 0 Å². The predicted molar refractivity (Wildman–Crippen MR) is 146 cm³/mol. The average Bonchev–Trinajstić information content (AvgIpc) is 3.65. The number of nitrogens with one attached hydrogen (secondary N) is 1. The SMILES string of the molecule is CCCc1nc(-n2c(Cl)ccc2Cl)c(C(=O)OCC)n1Cc1ccc(-c2ccccc2-c2nn[nH]n2)cc1. The monoisotopic (exact) mass is 549 g/mol. The second-order valence-electron chi connectivity index (χ2n) is 8.55. The number of ether oxygens (including phenoxy) is 1. The molecule has 0 aliphatic rings. The topological polar surface area (TPSA) is 104 Å². The van der Waals surface area contributed by atoms with Crippen molar-refractivity contribution in [3.05, 3.63) is 88.1 Å². The maximum absolute atomic E-state index is 13.2. The lowest BCUT2D eigenvalue weighted by Gasteiger charge is -2.13. The largest absolute Gasteiger partial charge is 0.461 e. The molecule has 0 saturated carbocycles. The standard InChI is InChI=1S/C27H25Cl2N7O2/c1-3-7-23-30-26(36-21(28)14-15-22(36)29)24(27(37)38-4-2)35(23)16-17-10-12-18(13-11-17)19-8-5-6-9-20(19)25-31-33-34-32-25/h5-6,8-15H,3-4,7,16H2,1-2H3,(H,31,32,33,34). The van der Waals surface area contributed by atoms with Crippen LogP contribution < -0.4 is 0 Å². The number of rotatable bonds is 9. The molecule has 0 spiro atoms. The Kier molecular flexibility index (Phi) is 7.57. The highest BCUT2D eigenvalue weighted by molar-refractivity contribution is 6.34. The smallest absolute Gasteiger partial charge is 0.358 e. The van der Waals surface area contributed by atoms with E-state index < -0.39 is 5.97 Å². The minimum Gasteiger partial charge on any atom is -0.461 e. The molecule has 9 nitrogen and oxygen atoms in total. The van der Waals surface area contributed by atoms with Crippen LogP contribution in [0.1, 0.15) is 42.1 Å². The molecule has 5 aromatic rings. The number of carbonyl (C=O) groups excluding carboxylic acids is 1. The van der Waals surface area contributed by atoms with Crippen LogP contribution in [0.5, 0.6) is 0 Å². The molecule has 5 rings (SSSR count). The van der Waals surface area contributed by atoms with E-state index in [0.29, 0.717) is 40.6 Å². The second kappa shape index (κ2) is 11.2. The molecule has 2 aromatic carbocycles. The molecule has 0 bridgehead atoms. The number of tetrazole rings is 1. The molecular formula is C27H25Cl2N7O2. The Morgan fingerprint density at radius 1 is 0.974 bits per heavy atom. The molecule has 0 aliphatic carbocycles. The van der Waals surface area contributed by atoms with E-state index in [1.165, 1.54) is 0 Å². The minimum atomic E-state index is -0.483. The molecule has 3 aromatic heterocycles. The first-order valence-electron chi connectivity index (χ1n) is 12.2. The quantitative estimate of drug-likeness (QED) is 0.226. The molecule has 0 atom stereocenters. The maximum atomic E-state index is 13.2. The van der Waals surface area contributed by atoms with Crippen molar-refractivity contribution in [3.8, 4) is 28.3 Å². The molecule has 0 saturated heterocycles. The first-order valence-corrected chi connectivity index (χ1v) is 13.0. The Morgan fingerprint density at radius 2 is 1.68 bits per heavy atom. The molecule has 38 heavy (non-hydrogen) atoms. The van der Waals surface area contributed by atoms with Crippen LogP contribution in [0.3, 0.4) is 0 Å². The van der Waals surface area contributed by atoms with E-state index in [-0.39, 0.29) is 6.61 Å². The highest BCUT2D eigenvalue weighted by Crippen LogP contribution is 2.31. The summed E-state index contributed by atoms with van der Waals surface area (Å²) in [6.45, 7) is 4.48. The summed E-state index contributed by atoms with van der Waals surface area (Å²) in [7, 11) is 0. The van der Waals surface area contributed by atoms with Crippen LogP contribution in [0, 0.1) is 0 Å². The number of halogens is 2. The van der Waals surface area contributed by atoms with Crippen molar-refractivity contribution in [1.29, 1.82) is 0 Å². The van der Waals surface area contributed by atoms with Gasteiger partial charge < -0.3 is 9.30 Å². The van der Waals surface area contributed by atoms with Gasteiger partial charge in [0.2, 0.25) is 5.82 Å². The average molecular weight is 550 g/mol. The number of hydrogen-bond donors (Lipinski definition) is 1. The lowest BCUT2D eigenvalue weighted by atomic mass is 9.98. The van der Waals surface area contributed by atoms with Crippen LogP contribution in [0.15, 0.2) is 60.7 Å². The summed E-state index contributed by atoms with van der Waals surface area (Å²) in [6, 6.07) is 19.4. The second-order valence-corrected chi connectivity index (χ2v) is 9.32. The summed E-state index contributed by atoms with van der Waals surface area (Å²) in [5.74, 6) is 1.15. The fourth-order valence-electron chi connectivity index (χ4n) is 4.40. The zero-order valence-electron chi connectivity index (χ0n) is 20.9. The van der Waals surface area contributed by atoms with Gasteiger partial charge in [-0.3, -0.25) is 4.57 Å². The normalized spacial score (nSPS) is 11.2. The zero-order chi connectivity index (χ0) is 26.6. The van der Waals surface area contributed by atoms with Gasteiger partial charge in [0.15, 0.2) is 11.5 Å². The third-order valence-electron chi connectivity index (χ3n) is 6.09. The molecule has 0 amide bonds. The van der Waals surface area contributed by atoms with E-state index in [9.17, 15) is 4.79 Å². The van der Waals surface area contributed by atoms with Gasteiger partial charge in [0, 0.05) is 18.5 Å². The van der Waals surface area contributed by atoms with E-state index in [0.717, 1.165) is 34.5 Å². The fraction of sp³-hybridized carbons (Fsp3) is 0.222. The third kappa shape index (κ3) is 4.94. The number of benzene rings is 2. The van der Waals surface area contributed by atoms with Crippen LogP contribution >= 0.6 is 23.2 Å². The zero-order valence-corrected chi connectivity index (χ0v) is 22.4. The van der Waals surface area contributed by atoms with Crippen LogP contribution in [-0.2, 0) is 17.7 Å². The summed E-state index contributed by atoms with van der Waals surface area (Å²) in [6.07, 6.45) is 1.51. The summed E-state index contributed by atoms with van der Waals surface area (Å²) >= 11 is 12.8. The third-order valence-corrected chi connectivity index (χ3v) is 6.68. The molecule has 11 heteroatoms. The summed E-state index contributed by atoms with van der Waals surface area (Å²) < 4.78 is 8.88. The van der Waals surface area contributed by atoms with Crippen molar-refractivity contribution in [2.45, 2.75) is 33.2 Å². The van der Waals surface area contributed by atoms with Crippen LogP contribution in [-0.4, -0.2) is 47.3 Å². The molecule has 0 radical (unpaired) electrons. The van der Waals surface area contributed by atoms with Gasteiger partial charge in [-0.25, -0.2) is 9.78 Å². The number of hydrogen-bond acceptors (Lipinski definition) is 6. The number of esters is 1. The van der Waals surface area contributed by atoms with E-state index >= 15 is 0 Å². The van der Waals surface area contributed by atoms with Gasteiger partial charge in [0.1, 0.15) is 16.1 Å². The van der Waals surface area contributed by atoms with E-state index in [1.807, 2.05) is 53.1 Å².